The summed E-state index contributed by atoms with van der Waals surface area (Å²) in [5, 5.41) is 0. The molecule has 0 amide bonds. The van der Waals surface area contributed by atoms with Crippen molar-refractivity contribution in [3.63, 3.8) is 0 Å². The Kier molecular flexibility index (Phi) is 4.54. The predicted molar refractivity (Wildman–Crippen MR) is 70.0 cm³/mol. The third kappa shape index (κ3) is 3.53. The van der Waals surface area contributed by atoms with E-state index in [1.807, 2.05) is 0 Å². The van der Waals surface area contributed by atoms with Gasteiger partial charge in [-0.25, -0.2) is 0 Å². The van der Waals surface area contributed by atoms with Crippen LogP contribution in [0.1, 0.15) is 12.5 Å². The van der Waals surface area contributed by atoms with Crippen molar-refractivity contribution in [2.45, 2.75) is 25.5 Å². The van der Waals surface area contributed by atoms with Gasteiger partial charge < -0.3 is 10.5 Å². The third-order valence-electron chi connectivity index (χ3n) is 3.43. The second kappa shape index (κ2) is 6.15. The van der Waals surface area contributed by atoms with Crippen LogP contribution in [0.3, 0.4) is 0 Å². The van der Waals surface area contributed by atoms with E-state index in [0.717, 1.165) is 26.1 Å². The van der Waals surface area contributed by atoms with Crippen LogP contribution in [0.25, 0.3) is 0 Å². The monoisotopic (exact) mass is 234 g/mol. The Morgan fingerprint density at radius 1 is 1.41 bits per heavy atom. The van der Waals surface area contributed by atoms with Crippen molar-refractivity contribution < 1.29 is 4.74 Å². The molecule has 2 N–H and O–H groups in total. The molecule has 0 saturated carbocycles. The summed E-state index contributed by atoms with van der Waals surface area (Å²) < 4.78 is 5.59. The van der Waals surface area contributed by atoms with Crippen molar-refractivity contribution in [2.24, 2.45) is 5.73 Å². The molecule has 1 aliphatic heterocycles. The van der Waals surface area contributed by atoms with Gasteiger partial charge in [-0.15, -0.1) is 0 Å². The van der Waals surface area contributed by atoms with Crippen LogP contribution < -0.4 is 5.73 Å². The first-order valence-electron chi connectivity index (χ1n) is 6.39. The van der Waals surface area contributed by atoms with Crippen LogP contribution in [0, 0.1) is 0 Å². The molecular weight excluding hydrogens is 212 g/mol. The van der Waals surface area contributed by atoms with Crippen LogP contribution >= 0.6 is 0 Å². The van der Waals surface area contributed by atoms with E-state index in [9.17, 15) is 0 Å². The molecule has 3 nitrogen and oxygen atoms in total. The van der Waals surface area contributed by atoms with Gasteiger partial charge >= 0.3 is 0 Å². The number of hydrogen-bond donors (Lipinski definition) is 1. The minimum atomic E-state index is 0.210. The van der Waals surface area contributed by atoms with E-state index < -0.39 is 0 Å². The maximum Gasteiger partial charge on any atom is 0.0824 e. The summed E-state index contributed by atoms with van der Waals surface area (Å²) in [5.74, 6) is 0. The Labute approximate surface area is 104 Å². The second-order valence-corrected chi connectivity index (χ2v) is 4.76. The lowest BCUT2D eigenvalue weighted by molar-refractivity contribution is -0.0358. The fraction of sp³-hybridized carbons (Fsp3) is 0.571. The van der Waals surface area contributed by atoms with Crippen molar-refractivity contribution in [3.8, 4) is 0 Å². The predicted octanol–water partition coefficient (Wildman–Crippen LogP) is 1.28. The number of nitrogens with two attached hydrogens (primary N) is 1. The number of hydrogen-bond acceptors (Lipinski definition) is 3. The smallest absolute Gasteiger partial charge is 0.0824 e. The Bertz CT molecular complexity index is 328. The lowest BCUT2D eigenvalue weighted by Gasteiger charge is -2.36. The van der Waals surface area contributed by atoms with E-state index >= 15 is 0 Å². The third-order valence-corrected chi connectivity index (χ3v) is 3.43. The van der Waals surface area contributed by atoms with Gasteiger partial charge in [-0.3, -0.25) is 4.90 Å². The maximum atomic E-state index is 5.67. The highest BCUT2D eigenvalue weighted by molar-refractivity contribution is 5.15. The minimum Gasteiger partial charge on any atom is -0.374 e. The normalized spacial score (nSPS) is 23.5. The quantitative estimate of drug-likeness (QED) is 0.853. The fourth-order valence-electron chi connectivity index (χ4n) is 2.37. The Balaban J connectivity index is 1.89. The van der Waals surface area contributed by atoms with Gasteiger partial charge in [0.05, 0.1) is 12.7 Å². The van der Waals surface area contributed by atoms with Crippen LogP contribution in [-0.2, 0) is 11.2 Å². The Morgan fingerprint density at radius 2 is 2.18 bits per heavy atom. The summed E-state index contributed by atoms with van der Waals surface area (Å²) >= 11 is 0. The van der Waals surface area contributed by atoms with Gasteiger partial charge in [0, 0.05) is 25.7 Å². The zero-order valence-corrected chi connectivity index (χ0v) is 10.5. The summed E-state index contributed by atoms with van der Waals surface area (Å²) in [6, 6.07) is 11.2. The van der Waals surface area contributed by atoms with Crippen LogP contribution in [0.15, 0.2) is 30.3 Å². The van der Waals surface area contributed by atoms with Gasteiger partial charge in [0.15, 0.2) is 0 Å². The largest absolute Gasteiger partial charge is 0.374 e. The van der Waals surface area contributed by atoms with Gasteiger partial charge in [-0.05, 0) is 18.9 Å². The molecule has 2 unspecified atom stereocenters. The topological polar surface area (TPSA) is 38.5 Å². The summed E-state index contributed by atoms with van der Waals surface area (Å²) in [6.45, 7) is 5.69. The molecule has 1 aromatic rings. The highest BCUT2D eigenvalue weighted by Gasteiger charge is 2.22. The lowest BCUT2D eigenvalue weighted by atomic mass is 10.1. The standard InChI is InChI=1S/C14H22N2O/c1-12(9-13-5-3-2-4-6-13)16-7-8-17-14(10-15)11-16/h2-6,12,14H,7-11,15H2,1H3. The first-order chi connectivity index (χ1) is 8.29. The van der Waals surface area contributed by atoms with E-state index in [4.69, 9.17) is 10.5 Å². The molecule has 0 spiro atoms. The van der Waals surface area contributed by atoms with Crippen molar-refractivity contribution in [1.29, 1.82) is 0 Å². The van der Waals surface area contributed by atoms with Crippen molar-refractivity contribution >= 4 is 0 Å². The fourth-order valence-corrected chi connectivity index (χ4v) is 2.37. The second-order valence-electron chi connectivity index (χ2n) is 4.76. The first kappa shape index (κ1) is 12.6. The van der Waals surface area contributed by atoms with Crippen molar-refractivity contribution in [3.05, 3.63) is 35.9 Å². The molecule has 1 fully saturated rings. The van der Waals surface area contributed by atoms with Gasteiger partial charge in [-0.2, -0.15) is 0 Å². The molecule has 1 aliphatic rings. The van der Waals surface area contributed by atoms with Crippen LogP contribution in [0.5, 0.6) is 0 Å². The molecule has 0 aliphatic carbocycles. The number of ether oxygens (including phenoxy) is 1. The molecular formula is C14H22N2O. The molecule has 1 heterocycles. The van der Waals surface area contributed by atoms with Crippen LogP contribution in [0.4, 0.5) is 0 Å². The summed E-state index contributed by atoms with van der Waals surface area (Å²) in [6.07, 6.45) is 1.31. The molecule has 0 aromatic heterocycles. The molecule has 0 bridgehead atoms. The molecule has 1 saturated heterocycles. The number of rotatable bonds is 4. The van der Waals surface area contributed by atoms with Crippen LogP contribution in [-0.4, -0.2) is 43.3 Å². The summed E-state index contributed by atoms with van der Waals surface area (Å²) in [7, 11) is 0. The van der Waals surface area contributed by atoms with E-state index in [0.29, 0.717) is 12.6 Å². The highest BCUT2D eigenvalue weighted by Crippen LogP contribution is 2.12. The lowest BCUT2D eigenvalue weighted by Crippen LogP contribution is -2.49. The molecule has 2 rings (SSSR count). The van der Waals surface area contributed by atoms with E-state index in [2.05, 4.69) is 42.2 Å². The zero-order chi connectivity index (χ0) is 12.1. The summed E-state index contributed by atoms with van der Waals surface area (Å²) in [5.41, 5.74) is 7.07. The molecule has 1 aromatic carbocycles. The molecule has 3 heteroatoms. The average Bonchev–Trinajstić information content (AvgIpc) is 2.40. The maximum absolute atomic E-state index is 5.67. The number of nitrogens with zero attached hydrogens (tertiary/aromatic N) is 1. The van der Waals surface area contributed by atoms with Gasteiger partial charge in [0.2, 0.25) is 0 Å². The Hall–Kier alpha value is -0.900. The van der Waals surface area contributed by atoms with E-state index in [1.54, 1.807) is 0 Å². The zero-order valence-electron chi connectivity index (χ0n) is 10.5. The van der Waals surface area contributed by atoms with Crippen LogP contribution in [0.2, 0.25) is 0 Å². The van der Waals surface area contributed by atoms with Gasteiger partial charge in [0.1, 0.15) is 0 Å². The molecule has 17 heavy (non-hydrogen) atoms. The molecule has 0 radical (unpaired) electrons. The van der Waals surface area contributed by atoms with Crippen molar-refractivity contribution in [1.82, 2.24) is 4.90 Å². The molecule has 94 valence electrons. The van der Waals surface area contributed by atoms with E-state index in [-0.39, 0.29) is 6.10 Å². The van der Waals surface area contributed by atoms with Gasteiger partial charge in [-0.1, -0.05) is 30.3 Å². The highest BCUT2D eigenvalue weighted by atomic mass is 16.5. The molecule has 2 atom stereocenters. The summed E-state index contributed by atoms with van der Waals surface area (Å²) in [4.78, 5) is 2.48. The Morgan fingerprint density at radius 3 is 2.88 bits per heavy atom. The first-order valence-corrected chi connectivity index (χ1v) is 6.39. The SMILES string of the molecule is CC(Cc1ccccc1)N1CCOC(CN)C1. The average molecular weight is 234 g/mol. The van der Waals surface area contributed by atoms with Crippen molar-refractivity contribution in [2.75, 3.05) is 26.2 Å². The van der Waals surface area contributed by atoms with Gasteiger partial charge in [0.25, 0.3) is 0 Å². The minimum absolute atomic E-state index is 0.210. The van der Waals surface area contributed by atoms with E-state index in [1.165, 1.54) is 5.56 Å². The number of benzene rings is 1. The number of morpholine rings is 1.